The lowest BCUT2D eigenvalue weighted by molar-refractivity contribution is -0.135. The summed E-state index contributed by atoms with van der Waals surface area (Å²) >= 11 is 0. The minimum atomic E-state index is 0.00333. The molecule has 2 rings (SSSR count). The van der Waals surface area contributed by atoms with E-state index in [0.717, 1.165) is 12.8 Å². The van der Waals surface area contributed by atoms with E-state index in [1.54, 1.807) is 0 Å². The van der Waals surface area contributed by atoms with Crippen LogP contribution in [-0.2, 0) is 4.79 Å². The second-order valence-corrected chi connectivity index (χ2v) is 6.32. The third-order valence-corrected chi connectivity index (χ3v) is 4.06. The van der Waals surface area contributed by atoms with Gasteiger partial charge < -0.3 is 10.6 Å². The molecular weight excluding hydrogens is 248 g/mol. The van der Waals surface area contributed by atoms with Crippen molar-refractivity contribution in [3.8, 4) is 0 Å². The van der Waals surface area contributed by atoms with E-state index in [0.29, 0.717) is 6.42 Å². The number of nitrogens with zero attached hydrogens (tertiary/aromatic N) is 1. The zero-order valence-corrected chi connectivity index (χ0v) is 13.0. The van der Waals surface area contributed by atoms with E-state index in [1.165, 1.54) is 16.7 Å². The molecule has 0 spiro atoms. The van der Waals surface area contributed by atoms with Crippen molar-refractivity contribution in [2.45, 2.75) is 65.1 Å². The van der Waals surface area contributed by atoms with Crippen molar-refractivity contribution in [2.75, 3.05) is 0 Å². The van der Waals surface area contributed by atoms with Crippen LogP contribution in [0.15, 0.2) is 18.2 Å². The quantitative estimate of drug-likeness (QED) is 0.900. The summed E-state index contributed by atoms with van der Waals surface area (Å²) in [6.45, 7) is 8.34. The van der Waals surface area contributed by atoms with E-state index < -0.39 is 0 Å². The first-order valence-corrected chi connectivity index (χ1v) is 7.55. The fraction of sp³-hybridized carbons (Fsp3) is 0.588. The van der Waals surface area contributed by atoms with Crippen molar-refractivity contribution in [3.05, 3.63) is 34.9 Å². The summed E-state index contributed by atoms with van der Waals surface area (Å²) in [5.41, 5.74) is 10.0. The smallest absolute Gasteiger partial charge is 0.223 e. The van der Waals surface area contributed by atoms with Crippen LogP contribution in [0.3, 0.4) is 0 Å². The summed E-state index contributed by atoms with van der Waals surface area (Å²) in [6.07, 6.45) is 2.42. The van der Waals surface area contributed by atoms with E-state index in [-0.39, 0.29) is 24.0 Å². The molecule has 110 valence electrons. The lowest BCUT2D eigenvalue weighted by Crippen LogP contribution is -2.45. The standard InChI is InChI=1S/C17H26N2O/c1-11(2)19-16(20)7-5-6-15(18)17(19)14-9-12(3)8-13(4)10-14/h8-11,15,17H,5-7,18H2,1-4H3. The van der Waals surface area contributed by atoms with Crippen LogP contribution >= 0.6 is 0 Å². The maximum Gasteiger partial charge on any atom is 0.223 e. The molecule has 1 aromatic rings. The zero-order chi connectivity index (χ0) is 14.9. The van der Waals surface area contributed by atoms with Gasteiger partial charge in [-0.25, -0.2) is 0 Å². The number of hydrogen-bond acceptors (Lipinski definition) is 2. The average molecular weight is 274 g/mol. The highest BCUT2D eigenvalue weighted by Crippen LogP contribution is 2.32. The Kier molecular flexibility index (Phi) is 4.48. The molecule has 0 saturated carbocycles. The summed E-state index contributed by atoms with van der Waals surface area (Å²) in [5.74, 6) is 0.233. The molecule has 0 radical (unpaired) electrons. The SMILES string of the molecule is Cc1cc(C)cc(C2C(N)CCCC(=O)N2C(C)C)c1. The summed E-state index contributed by atoms with van der Waals surface area (Å²) in [6, 6.07) is 6.70. The highest BCUT2D eigenvalue weighted by Gasteiger charge is 2.34. The summed E-state index contributed by atoms with van der Waals surface area (Å²) in [4.78, 5) is 14.4. The van der Waals surface area contributed by atoms with Gasteiger partial charge in [-0.15, -0.1) is 0 Å². The van der Waals surface area contributed by atoms with Gasteiger partial charge in [-0.05, 0) is 46.1 Å². The second kappa shape index (κ2) is 5.96. The van der Waals surface area contributed by atoms with Gasteiger partial charge in [0.15, 0.2) is 0 Å². The number of benzene rings is 1. The van der Waals surface area contributed by atoms with Gasteiger partial charge in [0.1, 0.15) is 0 Å². The largest absolute Gasteiger partial charge is 0.332 e. The van der Waals surface area contributed by atoms with Crippen LogP contribution in [-0.4, -0.2) is 22.9 Å². The molecule has 3 heteroatoms. The normalized spacial score (nSPS) is 24.1. The Labute approximate surface area is 122 Å². The summed E-state index contributed by atoms with van der Waals surface area (Å²) < 4.78 is 0. The van der Waals surface area contributed by atoms with Gasteiger partial charge in [-0.3, -0.25) is 4.79 Å². The Balaban J connectivity index is 2.48. The number of hydrogen-bond donors (Lipinski definition) is 1. The number of aryl methyl sites for hydroxylation is 2. The molecule has 2 N–H and O–H groups in total. The van der Waals surface area contributed by atoms with Crippen LogP contribution in [0.2, 0.25) is 0 Å². The van der Waals surface area contributed by atoms with E-state index in [4.69, 9.17) is 5.73 Å². The molecule has 0 bridgehead atoms. The second-order valence-electron chi connectivity index (χ2n) is 6.32. The van der Waals surface area contributed by atoms with Crippen molar-refractivity contribution >= 4 is 5.91 Å². The van der Waals surface area contributed by atoms with E-state index in [9.17, 15) is 4.79 Å². The van der Waals surface area contributed by atoms with Gasteiger partial charge in [-0.2, -0.15) is 0 Å². The molecule has 0 aromatic heterocycles. The van der Waals surface area contributed by atoms with Crippen molar-refractivity contribution in [1.82, 2.24) is 4.90 Å². The first-order chi connectivity index (χ1) is 9.40. The van der Waals surface area contributed by atoms with Crippen LogP contribution < -0.4 is 5.73 Å². The van der Waals surface area contributed by atoms with Crippen LogP contribution in [0.4, 0.5) is 0 Å². The van der Waals surface area contributed by atoms with E-state index in [1.807, 2.05) is 4.90 Å². The molecule has 1 aliphatic rings. The molecular formula is C17H26N2O. The first kappa shape index (κ1) is 15.0. The number of likely N-dealkylation sites (tertiary alicyclic amines) is 1. The topological polar surface area (TPSA) is 46.3 Å². The van der Waals surface area contributed by atoms with Crippen LogP contribution in [0.1, 0.15) is 55.8 Å². The third kappa shape index (κ3) is 3.04. The van der Waals surface area contributed by atoms with Gasteiger partial charge >= 0.3 is 0 Å². The van der Waals surface area contributed by atoms with E-state index >= 15 is 0 Å². The molecule has 3 nitrogen and oxygen atoms in total. The van der Waals surface area contributed by atoms with Crippen molar-refractivity contribution in [1.29, 1.82) is 0 Å². The molecule has 20 heavy (non-hydrogen) atoms. The number of amides is 1. The molecule has 1 fully saturated rings. The average Bonchev–Trinajstić information content (AvgIpc) is 2.47. The lowest BCUT2D eigenvalue weighted by atomic mass is 9.93. The molecule has 0 aliphatic carbocycles. The fourth-order valence-electron chi connectivity index (χ4n) is 3.34. The predicted octanol–water partition coefficient (Wildman–Crippen LogP) is 3.09. The van der Waals surface area contributed by atoms with Gasteiger partial charge in [0, 0.05) is 18.5 Å². The van der Waals surface area contributed by atoms with Crippen LogP contribution in [0.25, 0.3) is 0 Å². The van der Waals surface area contributed by atoms with Crippen molar-refractivity contribution in [2.24, 2.45) is 5.73 Å². The number of carbonyl (C=O) groups excluding carboxylic acids is 1. The molecule has 1 amide bonds. The number of nitrogens with two attached hydrogens (primary N) is 1. The van der Waals surface area contributed by atoms with Gasteiger partial charge in [0.25, 0.3) is 0 Å². The van der Waals surface area contributed by atoms with Crippen LogP contribution in [0.5, 0.6) is 0 Å². The minimum absolute atomic E-state index is 0.00333. The molecule has 1 aliphatic heterocycles. The van der Waals surface area contributed by atoms with E-state index in [2.05, 4.69) is 45.9 Å². The first-order valence-electron chi connectivity index (χ1n) is 7.55. The van der Waals surface area contributed by atoms with Crippen molar-refractivity contribution < 1.29 is 4.79 Å². The fourth-order valence-corrected chi connectivity index (χ4v) is 3.34. The van der Waals surface area contributed by atoms with Gasteiger partial charge in [0.05, 0.1) is 6.04 Å². The predicted molar refractivity (Wildman–Crippen MR) is 82.5 cm³/mol. The Bertz CT molecular complexity index is 476. The lowest BCUT2D eigenvalue weighted by Gasteiger charge is -2.37. The number of carbonyl (C=O) groups is 1. The number of rotatable bonds is 2. The maximum absolute atomic E-state index is 12.4. The highest BCUT2D eigenvalue weighted by atomic mass is 16.2. The Morgan fingerprint density at radius 2 is 1.80 bits per heavy atom. The Morgan fingerprint density at radius 3 is 2.35 bits per heavy atom. The van der Waals surface area contributed by atoms with Gasteiger partial charge in [0.2, 0.25) is 5.91 Å². The third-order valence-electron chi connectivity index (χ3n) is 4.06. The molecule has 1 saturated heterocycles. The molecule has 1 aromatic carbocycles. The minimum Gasteiger partial charge on any atom is -0.332 e. The van der Waals surface area contributed by atoms with Gasteiger partial charge in [-0.1, -0.05) is 29.3 Å². The molecule has 1 heterocycles. The van der Waals surface area contributed by atoms with Crippen molar-refractivity contribution in [3.63, 3.8) is 0 Å². The monoisotopic (exact) mass is 274 g/mol. The molecule has 2 atom stereocenters. The maximum atomic E-state index is 12.4. The summed E-state index contributed by atoms with van der Waals surface area (Å²) in [5, 5.41) is 0. The van der Waals surface area contributed by atoms with Crippen LogP contribution in [0, 0.1) is 13.8 Å². The molecule has 2 unspecified atom stereocenters. The Hall–Kier alpha value is -1.35. The Morgan fingerprint density at radius 1 is 1.20 bits per heavy atom. The zero-order valence-electron chi connectivity index (χ0n) is 13.0. The highest BCUT2D eigenvalue weighted by molar-refractivity contribution is 5.77. The summed E-state index contributed by atoms with van der Waals surface area (Å²) in [7, 11) is 0.